The molecule has 170 valence electrons. The van der Waals surface area contributed by atoms with Crippen LogP contribution in [0.25, 0.3) is 10.9 Å². The highest BCUT2D eigenvalue weighted by atomic mass is 19.1. The van der Waals surface area contributed by atoms with Crippen molar-refractivity contribution in [2.75, 3.05) is 24.6 Å². The van der Waals surface area contributed by atoms with Crippen LogP contribution in [0, 0.1) is 11.7 Å². The third kappa shape index (κ3) is 3.21. The summed E-state index contributed by atoms with van der Waals surface area (Å²) in [6.07, 6.45) is 4.43. The largest absolute Gasteiger partial charge is 0.487 e. The average Bonchev–Trinajstić information content (AvgIpc) is 3.23. The average molecular weight is 453 g/mol. The molecular weight excluding hydrogens is 433 g/mol. The summed E-state index contributed by atoms with van der Waals surface area (Å²) >= 11 is 0. The van der Waals surface area contributed by atoms with Crippen molar-refractivity contribution < 1.29 is 28.9 Å². The molecule has 1 saturated heterocycles. The Balaban J connectivity index is 1.69. The van der Waals surface area contributed by atoms with Crippen LogP contribution in [0.5, 0.6) is 5.75 Å². The van der Waals surface area contributed by atoms with Gasteiger partial charge in [-0.1, -0.05) is 0 Å². The van der Waals surface area contributed by atoms with Gasteiger partial charge >= 0.3 is 11.9 Å². The van der Waals surface area contributed by atoms with Gasteiger partial charge in [0.05, 0.1) is 22.9 Å². The predicted molar refractivity (Wildman–Crippen MR) is 116 cm³/mol. The lowest BCUT2D eigenvalue weighted by Gasteiger charge is -2.31. The molecule has 0 unspecified atom stereocenters. The highest BCUT2D eigenvalue weighted by molar-refractivity contribution is 5.97. The molecule has 9 nitrogen and oxygen atoms in total. The summed E-state index contributed by atoms with van der Waals surface area (Å²) in [6, 6.07) is 4.23. The van der Waals surface area contributed by atoms with Crippen molar-refractivity contribution >= 4 is 28.5 Å². The number of pyridine rings is 2. The van der Waals surface area contributed by atoms with E-state index < -0.39 is 40.6 Å². The number of carboxylic acid groups (broad SMARTS) is 2. The molecule has 0 spiro atoms. The van der Waals surface area contributed by atoms with Crippen LogP contribution in [0.2, 0.25) is 0 Å². The number of hydrogen-bond donors (Lipinski definition) is 2. The summed E-state index contributed by atoms with van der Waals surface area (Å²) in [5.41, 5.74) is -0.0723. The van der Waals surface area contributed by atoms with E-state index in [9.17, 15) is 24.6 Å². The summed E-state index contributed by atoms with van der Waals surface area (Å²) in [6.45, 7) is 2.22. The van der Waals surface area contributed by atoms with Gasteiger partial charge in [0.2, 0.25) is 5.43 Å². The van der Waals surface area contributed by atoms with Crippen molar-refractivity contribution in [3.8, 4) is 5.75 Å². The minimum atomic E-state index is -1.39. The normalized spacial score (nSPS) is 21.8. The number of anilines is 1. The van der Waals surface area contributed by atoms with Gasteiger partial charge in [0.15, 0.2) is 11.6 Å². The molecular formula is C23H20FN3O6. The summed E-state index contributed by atoms with van der Waals surface area (Å²) in [4.78, 5) is 41.9. The molecule has 3 aromatic rings. The van der Waals surface area contributed by atoms with Gasteiger partial charge in [0.25, 0.3) is 0 Å². The van der Waals surface area contributed by atoms with Crippen molar-refractivity contribution in [3.63, 3.8) is 0 Å². The number of halogens is 1. The highest BCUT2D eigenvalue weighted by Gasteiger charge is 2.41. The lowest BCUT2D eigenvalue weighted by Crippen LogP contribution is -2.29. The van der Waals surface area contributed by atoms with E-state index in [1.807, 2.05) is 0 Å². The molecule has 1 fully saturated rings. The molecule has 3 atom stereocenters. The van der Waals surface area contributed by atoms with Gasteiger partial charge in [-0.2, -0.15) is 0 Å². The van der Waals surface area contributed by atoms with Crippen molar-refractivity contribution in [3.05, 3.63) is 64.0 Å². The van der Waals surface area contributed by atoms with Gasteiger partial charge in [0.1, 0.15) is 17.9 Å². The minimum Gasteiger partial charge on any atom is -0.487 e. The fourth-order valence-electron chi connectivity index (χ4n) is 4.84. The molecule has 5 rings (SSSR count). The SMILES string of the molecule is C[C@H]1COc2c(N3C[C@H](C(=O)O)[C@H](c4ccncc4)C3)c(F)cc3c(=O)c(C(=O)O)cn1c23. The summed E-state index contributed by atoms with van der Waals surface area (Å²) in [7, 11) is 0. The Morgan fingerprint density at radius 2 is 1.94 bits per heavy atom. The van der Waals surface area contributed by atoms with Crippen LogP contribution < -0.4 is 15.1 Å². The van der Waals surface area contributed by atoms with Crippen LogP contribution in [-0.4, -0.2) is 51.4 Å². The molecule has 0 aliphatic carbocycles. The maximum absolute atomic E-state index is 15.5. The Morgan fingerprint density at radius 3 is 2.61 bits per heavy atom. The van der Waals surface area contributed by atoms with E-state index in [0.717, 1.165) is 11.6 Å². The van der Waals surface area contributed by atoms with Crippen LogP contribution in [0.4, 0.5) is 10.1 Å². The first kappa shape index (κ1) is 20.9. The number of aromatic carboxylic acids is 1. The smallest absolute Gasteiger partial charge is 0.341 e. The Labute approximate surface area is 186 Å². The van der Waals surface area contributed by atoms with E-state index in [1.54, 1.807) is 40.9 Å². The molecule has 0 amide bonds. The highest BCUT2D eigenvalue weighted by Crippen LogP contribution is 2.45. The van der Waals surface area contributed by atoms with E-state index in [1.165, 1.54) is 6.20 Å². The van der Waals surface area contributed by atoms with Crippen LogP contribution in [0.3, 0.4) is 0 Å². The third-order valence-electron chi connectivity index (χ3n) is 6.46. The van der Waals surface area contributed by atoms with E-state index in [-0.39, 0.29) is 42.6 Å². The number of carbonyl (C=O) groups is 2. The first-order valence-electron chi connectivity index (χ1n) is 10.4. The lowest BCUT2D eigenvalue weighted by molar-refractivity contribution is -0.141. The van der Waals surface area contributed by atoms with Gasteiger partial charge in [-0.3, -0.25) is 14.6 Å². The monoisotopic (exact) mass is 453 g/mol. The number of nitrogens with zero attached hydrogens (tertiary/aromatic N) is 3. The fourth-order valence-corrected chi connectivity index (χ4v) is 4.84. The molecule has 10 heteroatoms. The standard InChI is InChI=1S/C23H20FN3O6/c1-11-10-33-21-18-13(20(28)16(23(31)32)9-27(11)18)6-17(24)19(21)26-7-14(15(8-26)22(29)30)12-2-4-25-5-3-12/h2-6,9,11,14-15H,7-8,10H2,1H3,(H,29,30)(H,31,32)/t11-,14-,15-/m0/s1. The maximum Gasteiger partial charge on any atom is 0.341 e. The first-order chi connectivity index (χ1) is 15.8. The quantitative estimate of drug-likeness (QED) is 0.618. The zero-order valence-electron chi connectivity index (χ0n) is 17.6. The van der Waals surface area contributed by atoms with E-state index in [0.29, 0.717) is 5.52 Å². The number of rotatable bonds is 4. The lowest BCUT2D eigenvalue weighted by atomic mass is 9.90. The Morgan fingerprint density at radius 1 is 1.21 bits per heavy atom. The molecule has 0 radical (unpaired) electrons. The molecule has 4 heterocycles. The summed E-state index contributed by atoms with van der Waals surface area (Å²) in [5, 5.41) is 19.2. The number of carboxylic acids is 2. The molecule has 2 aromatic heterocycles. The van der Waals surface area contributed by atoms with E-state index >= 15 is 4.39 Å². The summed E-state index contributed by atoms with van der Waals surface area (Å²) in [5.74, 6) is -4.21. The Kier molecular flexibility index (Phi) is 4.80. The third-order valence-corrected chi connectivity index (χ3v) is 6.46. The van der Waals surface area contributed by atoms with Crippen molar-refractivity contribution in [2.45, 2.75) is 18.9 Å². The van der Waals surface area contributed by atoms with Gasteiger partial charge in [0, 0.05) is 37.6 Å². The van der Waals surface area contributed by atoms with Crippen LogP contribution in [0.1, 0.15) is 34.8 Å². The molecule has 2 N–H and O–H groups in total. The number of ether oxygens (including phenoxy) is 1. The molecule has 0 bridgehead atoms. The Bertz CT molecular complexity index is 1360. The molecule has 33 heavy (non-hydrogen) atoms. The number of aliphatic carboxylic acids is 1. The fraction of sp³-hybridized carbons (Fsp3) is 0.304. The van der Waals surface area contributed by atoms with Crippen molar-refractivity contribution in [1.82, 2.24) is 9.55 Å². The number of hydrogen-bond acceptors (Lipinski definition) is 6. The van der Waals surface area contributed by atoms with Gasteiger partial charge < -0.3 is 24.4 Å². The molecule has 2 aliphatic heterocycles. The van der Waals surface area contributed by atoms with Crippen molar-refractivity contribution in [2.24, 2.45) is 5.92 Å². The van der Waals surface area contributed by atoms with Gasteiger partial charge in [-0.05, 0) is 30.7 Å². The predicted octanol–water partition coefficient (Wildman–Crippen LogP) is 2.49. The number of benzene rings is 1. The summed E-state index contributed by atoms with van der Waals surface area (Å²) < 4.78 is 23.0. The second kappa shape index (κ2) is 7.58. The number of aromatic nitrogens is 2. The Hall–Kier alpha value is -3.95. The van der Waals surface area contributed by atoms with Crippen LogP contribution in [-0.2, 0) is 4.79 Å². The second-order valence-corrected chi connectivity index (χ2v) is 8.41. The molecule has 2 aliphatic rings. The van der Waals surface area contributed by atoms with Gasteiger partial charge in [-0.25, -0.2) is 9.18 Å². The van der Waals surface area contributed by atoms with E-state index in [4.69, 9.17) is 4.74 Å². The topological polar surface area (TPSA) is 122 Å². The van der Waals surface area contributed by atoms with E-state index in [2.05, 4.69) is 4.98 Å². The zero-order chi connectivity index (χ0) is 23.4. The second-order valence-electron chi connectivity index (χ2n) is 8.41. The molecule has 0 saturated carbocycles. The minimum absolute atomic E-state index is 0.0497. The van der Waals surface area contributed by atoms with Crippen LogP contribution >= 0.6 is 0 Å². The maximum atomic E-state index is 15.5. The van der Waals surface area contributed by atoms with Crippen LogP contribution in [0.15, 0.2) is 41.6 Å². The van der Waals surface area contributed by atoms with Gasteiger partial charge in [-0.15, -0.1) is 0 Å². The van der Waals surface area contributed by atoms with Crippen molar-refractivity contribution in [1.29, 1.82) is 0 Å². The first-order valence-corrected chi connectivity index (χ1v) is 10.4. The molecule has 1 aromatic carbocycles. The zero-order valence-corrected chi connectivity index (χ0v) is 17.6.